The van der Waals surface area contributed by atoms with Crippen molar-refractivity contribution < 1.29 is 13.2 Å². The van der Waals surface area contributed by atoms with Gasteiger partial charge in [0.1, 0.15) is 16.8 Å². The highest BCUT2D eigenvalue weighted by Crippen LogP contribution is 2.23. The summed E-state index contributed by atoms with van der Waals surface area (Å²) in [4.78, 5) is 8.13. The van der Waals surface area contributed by atoms with Crippen molar-refractivity contribution in [2.45, 2.75) is 19.8 Å². The van der Waals surface area contributed by atoms with Gasteiger partial charge in [0.15, 0.2) is 17.5 Å². The van der Waals surface area contributed by atoms with Crippen molar-refractivity contribution in [1.29, 1.82) is 0 Å². The number of rotatable bonds is 4. The van der Waals surface area contributed by atoms with Crippen LogP contribution in [0.25, 0.3) is 0 Å². The van der Waals surface area contributed by atoms with E-state index in [4.69, 9.17) is 11.6 Å². The van der Waals surface area contributed by atoms with Gasteiger partial charge in [0.2, 0.25) is 0 Å². The normalized spacial score (nSPS) is 10.7. The molecule has 3 nitrogen and oxygen atoms in total. The van der Waals surface area contributed by atoms with Crippen molar-refractivity contribution >= 4 is 23.1 Å². The van der Waals surface area contributed by atoms with E-state index >= 15 is 0 Å². The van der Waals surface area contributed by atoms with E-state index < -0.39 is 17.5 Å². The number of nitrogens with zero attached hydrogens (tertiary/aromatic N) is 2. The second-order valence-electron chi connectivity index (χ2n) is 4.09. The summed E-state index contributed by atoms with van der Waals surface area (Å²) >= 11 is 5.83. The number of aryl methyl sites for hydroxylation is 1. The zero-order valence-electron chi connectivity index (χ0n) is 10.6. The highest BCUT2D eigenvalue weighted by molar-refractivity contribution is 6.29. The van der Waals surface area contributed by atoms with Crippen LogP contribution >= 0.6 is 11.6 Å². The molecule has 0 fully saturated rings. The van der Waals surface area contributed by atoms with E-state index in [0.29, 0.717) is 12.2 Å². The lowest BCUT2D eigenvalue weighted by atomic mass is 10.2. The Labute approximate surface area is 118 Å². The van der Waals surface area contributed by atoms with Crippen molar-refractivity contribution in [3.05, 3.63) is 46.6 Å². The van der Waals surface area contributed by atoms with Crippen LogP contribution in [0.5, 0.6) is 0 Å². The molecule has 0 amide bonds. The summed E-state index contributed by atoms with van der Waals surface area (Å²) in [5, 5.41) is 2.75. The molecule has 0 aliphatic carbocycles. The van der Waals surface area contributed by atoms with Gasteiger partial charge in [-0.05, 0) is 18.6 Å². The van der Waals surface area contributed by atoms with Crippen LogP contribution in [-0.2, 0) is 6.42 Å². The Morgan fingerprint density at radius 1 is 1.15 bits per heavy atom. The van der Waals surface area contributed by atoms with Crippen molar-refractivity contribution in [1.82, 2.24) is 9.97 Å². The third-order valence-corrected chi connectivity index (χ3v) is 2.71. The molecule has 0 saturated heterocycles. The molecule has 0 saturated carbocycles. The molecule has 7 heteroatoms. The van der Waals surface area contributed by atoms with Crippen molar-refractivity contribution in [2.75, 3.05) is 5.32 Å². The van der Waals surface area contributed by atoms with Gasteiger partial charge in [0.25, 0.3) is 0 Å². The highest BCUT2D eigenvalue weighted by Gasteiger charge is 2.14. The van der Waals surface area contributed by atoms with Crippen LogP contribution in [0.15, 0.2) is 18.2 Å². The number of halogens is 4. The first-order valence-corrected chi connectivity index (χ1v) is 6.33. The third-order valence-electron chi connectivity index (χ3n) is 2.51. The molecule has 0 unspecified atom stereocenters. The predicted octanol–water partition coefficient (Wildman–Crippen LogP) is 4.24. The lowest BCUT2D eigenvalue weighted by molar-refractivity contribution is 0.449. The fraction of sp³-hybridized carbons (Fsp3) is 0.231. The number of hydrogen-bond acceptors (Lipinski definition) is 3. The van der Waals surface area contributed by atoms with Crippen LogP contribution < -0.4 is 5.32 Å². The Balaban J connectivity index is 2.32. The van der Waals surface area contributed by atoms with Gasteiger partial charge in [-0.3, -0.25) is 0 Å². The van der Waals surface area contributed by atoms with Gasteiger partial charge in [-0.2, -0.15) is 0 Å². The van der Waals surface area contributed by atoms with Gasteiger partial charge in [-0.1, -0.05) is 18.5 Å². The van der Waals surface area contributed by atoms with E-state index in [0.717, 1.165) is 18.6 Å². The molecule has 0 aliphatic heterocycles. The fourth-order valence-electron chi connectivity index (χ4n) is 1.62. The van der Waals surface area contributed by atoms with Gasteiger partial charge in [0, 0.05) is 12.5 Å². The molecule has 20 heavy (non-hydrogen) atoms. The van der Waals surface area contributed by atoms with Gasteiger partial charge in [0.05, 0.1) is 5.69 Å². The molecule has 1 aromatic heterocycles. The van der Waals surface area contributed by atoms with Gasteiger partial charge in [-0.15, -0.1) is 0 Å². The molecule has 0 radical (unpaired) electrons. The second kappa shape index (κ2) is 6.09. The summed E-state index contributed by atoms with van der Waals surface area (Å²) in [6.07, 6.45) is 1.43. The first-order chi connectivity index (χ1) is 9.51. The Morgan fingerprint density at radius 3 is 2.60 bits per heavy atom. The standard InChI is InChI=1S/C13H11ClF3N3/c1-2-3-10-19-9(14)6-11(20-10)18-8-5-4-7(15)12(16)13(8)17/h4-6H,2-3H2,1H3,(H,18,19,20). The zero-order chi connectivity index (χ0) is 14.7. The minimum absolute atomic E-state index is 0.189. The lowest BCUT2D eigenvalue weighted by Gasteiger charge is -2.09. The monoisotopic (exact) mass is 301 g/mol. The summed E-state index contributed by atoms with van der Waals surface area (Å²) in [6, 6.07) is 3.29. The molecule has 1 heterocycles. The smallest absolute Gasteiger partial charge is 0.196 e. The van der Waals surface area contributed by atoms with E-state index in [-0.39, 0.29) is 16.7 Å². The number of benzene rings is 1. The number of hydrogen-bond donors (Lipinski definition) is 1. The summed E-state index contributed by atoms with van der Waals surface area (Å²) in [5.74, 6) is -3.38. The third kappa shape index (κ3) is 3.19. The fourth-order valence-corrected chi connectivity index (χ4v) is 1.83. The summed E-state index contributed by atoms with van der Waals surface area (Å²) in [6.45, 7) is 1.95. The van der Waals surface area contributed by atoms with Gasteiger partial charge < -0.3 is 5.32 Å². The van der Waals surface area contributed by atoms with Gasteiger partial charge >= 0.3 is 0 Å². The maximum atomic E-state index is 13.5. The Morgan fingerprint density at radius 2 is 1.90 bits per heavy atom. The molecule has 106 valence electrons. The SMILES string of the molecule is CCCc1nc(Cl)cc(Nc2ccc(F)c(F)c2F)n1. The predicted molar refractivity (Wildman–Crippen MR) is 70.6 cm³/mol. The van der Waals surface area contributed by atoms with Crippen molar-refractivity contribution in [3.8, 4) is 0 Å². The van der Waals surface area contributed by atoms with E-state index in [1.807, 2.05) is 6.92 Å². The molecule has 2 aromatic rings. The molecule has 0 spiro atoms. The topological polar surface area (TPSA) is 37.8 Å². The molecule has 2 rings (SSSR count). The maximum Gasteiger partial charge on any atom is 0.196 e. The molecular formula is C13H11ClF3N3. The van der Waals surface area contributed by atoms with Crippen LogP contribution in [0.4, 0.5) is 24.7 Å². The van der Waals surface area contributed by atoms with E-state index in [2.05, 4.69) is 15.3 Å². The molecule has 0 bridgehead atoms. The summed E-state index contributed by atoms with van der Waals surface area (Å²) < 4.78 is 39.5. The molecule has 1 aromatic carbocycles. The highest BCUT2D eigenvalue weighted by atomic mass is 35.5. The Hall–Kier alpha value is -1.82. The zero-order valence-corrected chi connectivity index (χ0v) is 11.3. The summed E-state index contributed by atoms with van der Waals surface area (Å²) in [5.41, 5.74) is -0.221. The van der Waals surface area contributed by atoms with E-state index in [1.54, 1.807) is 0 Å². The van der Waals surface area contributed by atoms with Crippen LogP contribution in [0.3, 0.4) is 0 Å². The molecular weight excluding hydrogens is 291 g/mol. The molecule has 0 aliphatic rings. The first-order valence-electron chi connectivity index (χ1n) is 5.95. The molecule has 0 atom stereocenters. The summed E-state index contributed by atoms with van der Waals surface area (Å²) in [7, 11) is 0. The van der Waals surface area contributed by atoms with Gasteiger partial charge in [-0.25, -0.2) is 23.1 Å². The first kappa shape index (κ1) is 14.6. The maximum absolute atomic E-state index is 13.5. The number of anilines is 2. The number of aromatic nitrogens is 2. The largest absolute Gasteiger partial charge is 0.338 e. The van der Waals surface area contributed by atoms with E-state index in [1.165, 1.54) is 6.07 Å². The van der Waals surface area contributed by atoms with Crippen LogP contribution in [0, 0.1) is 17.5 Å². The Bertz CT molecular complexity index is 634. The van der Waals surface area contributed by atoms with E-state index in [9.17, 15) is 13.2 Å². The van der Waals surface area contributed by atoms with Crippen LogP contribution in [0.2, 0.25) is 5.15 Å². The average molecular weight is 302 g/mol. The van der Waals surface area contributed by atoms with Crippen LogP contribution in [-0.4, -0.2) is 9.97 Å². The number of nitrogens with one attached hydrogen (secondary N) is 1. The quantitative estimate of drug-likeness (QED) is 0.678. The van der Waals surface area contributed by atoms with Crippen molar-refractivity contribution in [3.63, 3.8) is 0 Å². The Kier molecular flexibility index (Phi) is 4.44. The van der Waals surface area contributed by atoms with Crippen LogP contribution in [0.1, 0.15) is 19.2 Å². The average Bonchev–Trinajstić information content (AvgIpc) is 2.39. The molecule has 1 N–H and O–H groups in total. The minimum atomic E-state index is -1.54. The minimum Gasteiger partial charge on any atom is -0.338 e. The van der Waals surface area contributed by atoms with Crippen molar-refractivity contribution in [2.24, 2.45) is 0 Å². The lowest BCUT2D eigenvalue weighted by Crippen LogP contribution is -2.03. The second-order valence-corrected chi connectivity index (χ2v) is 4.48.